The summed E-state index contributed by atoms with van der Waals surface area (Å²) in [4.78, 5) is 0. The predicted octanol–water partition coefficient (Wildman–Crippen LogP) is 1.12. The quantitative estimate of drug-likeness (QED) is 0.604. The van der Waals surface area contributed by atoms with E-state index in [2.05, 4.69) is 0 Å². The van der Waals surface area contributed by atoms with Gasteiger partial charge in [0.15, 0.2) is 0 Å². The van der Waals surface area contributed by atoms with Crippen molar-refractivity contribution in [1.29, 1.82) is 0 Å². The van der Waals surface area contributed by atoms with Crippen LogP contribution in [0, 0.1) is 0 Å². The Morgan fingerprint density at radius 2 is 1.60 bits per heavy atom. The van der Waals surface area contributed by atoms with Gasteiger partial charge in [-0.15, -0.1) is 0 Å². The topological polar surface area (TPSA) is 63.4 Å². The summed E-state index contributed by atoms with van der Waals surface area (Å²) in [6.07, 6.45) is 0. The Balaban J connectivity index is 0.000000262. The maximum Gasteiger partial charge on any atom is 0.203 e. The SMILES string of the molecule is CCN(CC)[SH](=O)=O.Nc1ccccc1. The van der Waals surface area contributed by atoms with Gasteiger partial charge in [-0.3, -0.25) is 0 Å². The van der Waals surface area contributed by atoms with E-state index in [0.717, 1.165) is 5.69 Å². The second-order valence-electron chi connectivity index (χ2n) is 2.79. The highest BCUT2D eigenvalue weighted by molar-refractivity contribution is 7.69. The van der Waals surface area contributed by atoms with Gasteiger partial charge in [-0.1, -0.05) is 32.0 Å². The molecule has 0 fully saturated rings. The Bertz CT molecular complexity index is 313. The number of hydrogen-bond donors (Lipinski definition) is 2. The lowest BCUT2D eigenvalue weighted by atomic mass is 10.3. The molecule has 1 aromatic carbocycles. The van der Waals surface area contributed by atoms with Crippen molar-refractivity contribution in [3.8, 4) is 0 Å². The lowest BCUT2D eigenvalue weighted by Gasteiger charge is -2.06. The van der Waals surface area contributed by atoms with Gasteiger partial charge in [-0.25, -0.2) is 12.7 Å². The van der Waals surface area contributed by atoms with Crippen LogP contribution in [-0.4, -0.2) is 25.8 Å². The van der Waals surface area contributed by atoms with E-state index in [1.165, 1.54) is 4.31 Å². The van der Waals surface area contributed by atoms with E-state index in [9.17, 15) is 8.42 Å². The first-order valence-corrected chi connectivity index (χ1v) is 5.94. The van der Waals surface area contributed by atoms with Crippen molar-refractivity contribution in [3.05, 3.63) is 30.3 Å². The number of rotatable bonds is 3. The van der Waals surface area contributed by atoms with E-state index < -0.39 is 10.9 Å². The van der Waals surface area contributed by atoms with Gasteiger partial charge < -0.3 is 5.73 Å². The zero-order valence-electron chi connectivity index (χ0n) is 9.09. The molecule has 0 aliphatic rings. The summed E-state index contributed by atoms with van der Waals surface area (Å²) in [5.74, 6) is 0. The van der Waals surface area contributed by atoms with Gasteiger partial charge in [-0.05, 0) is 12.1 Å². The van der Waals surface area contributed by atoms with E-state index in [4.69, 9.17) is 5.73 Å². The fraction of sp³-hybridized carbons (Fsp3) is 0.400. The number of nitrogens with zero attached hydrogens (tertiary/aromatic N) is 1. The molecule has 0 aliphatic carbocycles. The number of anilines is 1. The molecule has 0 atom stereocenters. The molecule has 15 heavy (non-hydrogen) atoms. The smallest absolute Gasteiger partial charge is 0.203 e. The van der Waals surface area contributed by atoms with Crippen LogP contribution in [0.1, 0.15) is 13.8 Å². The van der Waals surface area contributed by atoms with Crippen molar-refractivity contribution < 1.29 is 8.42 Å². The third-order valence-electron chi connectivity index (χ3n) is 1.76. The van der Waals surface area contributed by atoms with Gasteiger partial charge in [-0.2, -0.15) is 0 Å². The Morgan fingerprint density at radius 3 is 1.73 bits per heavy atom. The van der Waals surface area contributed by atoms with E-state index in [-0.39, 0.29) is 0 Å². The molecule has 0 aromatic heterocycles. The summed E-state index contributed by atoms with van der Waals surface area (Å²) in [6, 6.07) is 9.49. The number of hydrogen-bond acceptors (Lipinski definition) is 3. The molecule has 4 nitrogen and oxygen atoms in total. The average Bonchev–Trinajstić information content (AvgIpc) is 2.21. The van der Waals surface area contributed by atoms with Crippen LogP contribution < -0.4 is 5.73 Å². The van der Waals surface area contributed by atoms with Crippen LogP contribution in [0.4, 0.5) is 5.69 Å². The van der Waals surface area contributed by atoms with Crippen LogP contribution in [0.3, 0.4) is 0 Å². The number of thiol groups is 1. The largest absolute Gasteiger partial charge is 0.399 e. The summed E-state index contributed by atoms with van der Waals surface area (Å²) in [6.45, 7) is 4.79. The molecule has 0 amide bonds. The molecule has 0 saturated heterocycles. The van der Waals surface area contributed by atoms with Gasteiger partial charge in [0.1, 0.15) is 0 Å². The number of nitrogens with two attached hydrogens (primary N) is 1. The molecular weight excluding hydrogens is 212 g/mol. The number of benzene rings is 1. The maximum atomic E-state index is 10.1. The van der Waals surface area contributed by atoms with E-state index in [1.54, 1.807) is 0 Å². The first-order chi connectivity index (χ1) is 7.11. The Morgan fingerprint density at radius 1 is 1.13 bits per heavy atom. The number of para-hydroxylation sites is 1. The standard InChI is InChI=1S/C6H7N.C4H11NO2S/c7-6-4-2-1-3-5-6;1-3-5(4-2)8(6)7/h1-5H,7H2;8H,3-4H2,1-2H3. The maximum absolute atomic E-state index is 10.1. The third kappa shape index (κ3) is 6.93. The highest BCUT2D eigenvalue weighted by atomic mass is 32.2. The highest BCUT2D eigenvalue weighted by Crippen LogP contribution is 1.95. The molecule has 0 heterocycles. The van der Waals surface area contributed by atoms with Crippen LogP contribution in [0.2, 0.25) is 0 Å². The molecule has 0 radical (unpaired) electrons. The van der Waals surface area contributed by atoms with E-state index in [0.29, 0.717) is 13.1 Å². The van der Waals surface area contributed by atoms with E-state index in [1.807, 2.05) is 44.2 Å². The van der Waals surface area contributed by atoms with Gasteiger partial charge in [0.25, 0.3) is 0 Å². The van der Waals surface area contributed by atoms with Gasteiger partial charge in [0.2, 0.25) is 10.9 Å². The second kappa shape index (κ2) is 8.26. The minimum absolute atomic E-state index is 0.579. The predicted molar refractivity (Wildman–Crippen MR) is 64.1 cm³/mol. The molecule has 0 unspecified atom stereocenters. The normalized spacial score (nSPS) is 9.87. The zero-order valence-corrected chi connectivity index (χ0v) is 9.98. The Labute approximate surface area is 92.8 Å². The van der Waals surface area contributed by atoms with Crippen LogP contribution in [0.25, 0.3) is 0 Å². The Hall–Kier alpha value is -1.07. The molecule has 1 aromatic rings. The molecule has 86 valence electrons. The summed E-state index contributed by atoms with van der Waals surface area (Å²) >= 11 is 0. The summed E-state index contributed by atoms with van der Waals surface area (Å²) < 4.78 is 21.6. The highest BCUT2D eigenvalue weighted by Gasteiger charge is 1.96. The lowest BCUT2D eigenvalue weighted by molar-refractivity contribution is 0.463. The van der Waals surface area contributed by atoms with Crippen molar-refractivity contribution in [3.63, 3.8) is 0 Å². The minimum Gasteiger partial charge on any atom is -0.399 e. The van der Waals surface area contributed by atoms with Crippen LogP contribution >= 0.6 is 0 Å². The van der Waals surface area contributed by atoms with E-state index >= 15 is 0 Å². The average molecular weight is 230 g/mol. The van der Waals surface area contributed by atoms with Crippen molar-refractivity contribution in [2.24, 2.45) is 0 Å². The fourth-order valence-corrected chi connectivity index (χ4v) is 1.37. The molecule has 5 heteroatoms. The van der Waals surface area contributed by atoms with Crippen molar-refractivity contribution in [2.75, 3.05) is 18.8 Å². The van der Waals surface area contributed by atoms with Crippen LogP contribution in [-0.2, 0) is 10.9 Å². The van der Waals surface area contributed by atoms with Crippen molar-refractivity contribution in [1.82, 2.24) is 4.31 Å². The number of nitrogen functional groups attached to an aromatic ring is 1. The van der Waals surface area contributed by atoms with Gasteiger partial charge in [0.05, 0.1) is 0 Å². The Kier molecular flexibility index (Phi) is 7.67. The molecule has 1 rings (SSSR count). The molecule has 2 N–H and O–H groups in total. The van der Waals surface area contributed by atoms with Gasteiger partial charge >= 0.3 is 0 Å². The molecule has 0 saturated carbocycles. The molecule has 0 spiro atoms. The molecule has 0 bridgehead atoms. The monoisotopic (exact) mass is 230 g/mol. The van der Waals surface area contributed by atoms with Crippen molar-refractivity contribution in [2.45, 2.75) is 13.8 Å². The molecular formula is C10H18N2O2S. The second-order valence-corrected chi connectivity index (χ2v) is 3.83. The first kappa shape index (κ1) is 13.9. The van der Waals surface area contributed by atoms with Crippen molar-refractivity contribution >= 4 is 16.6 Å². The summed E-state index contributed by atoms with van der Waals surface area (Å²) in [7, 11) is -2.33. The molecule has 0 aliphatic heterocycles. The van der Waals surface area contributed by atoms with Gasteiger partial charge in [0, 0.05) is 18.8 Å². The van der Waals surface area contributed by atoms with Crippen LogP contribution in [0.15, 0.2) is 30.3 Å². The summed E-state index contributed by atoms with van der Waals surface area (Å²) in [5.41, 5.74) is 6.18. The third-order valence-corrected chi connectivity index (χ3v) is 2.79. The zero-order chi connectivity index (χ0) is 11.7. The summed E-state index contributed by atoms with van der Waals surface area (Å²) in [5, 5.41) is 0. The first-order valence-electron chi connectivity index (χ1n) is 4.81. The lowest BCUT2D eigenvalue weighted by Crippen LogP contribution is -2.20. The minimum atomic E-state index is -2.33. The fourth-order valence-electron chi connectivity index (χ4n) is 0.908. The van der Waals surface area contributed by atoms with Crippen LogP contribution in [0.5, 0.6) is 0 Å².